The minimum atomic E-state index is -0.555. The molecule has 1 aliphatic rings. The van der Waals surface area contributed by atoms with Crippen LogP contribution in [0.25, 0.3) is 0 Å². The van der Waals surface area contributed by atoms with Crippen molar-refractivity contribution in [3.05, 3.63) is 65.7 Å². The molecule has 0 radical (unpaired) electrons. The quantitative estimate of drug-likeness (QED) is 0.871. The zero-order valence-electron chi connectivity index (χ0n) is 15.6. The van der Waals surface area contributed by atoms with E-state index >= 15 is 0 Å². The average Bonchev–Trinajstić information content (AvgIpc) is 2.68. The van der Waals surface area contributed by atoms with Crippen molar-refractivity contribution in [2.24, 2.45) is 5.73 Å². The van der Waals surface area contributed by atoms with Crippen LogP contribution >= 0.6 is 0 Å². The number of aryl methyl sites for hydroxylation is 1. The predicted octanol–water partition coefficient (Wildman–Crippen LogP) is 2.24. The van der Waals surface area contributed by atoms with Gasteiger partial charge in [0.25, 0.3) is 0 Å². The fourth-order valence-electron chi connectivity index (χ4n) is 3.25. The minimum Gasteiger partial charge on any atom is -0.338 e. The Balaban J connectivity index is 1.49. The van der Waals surface area contributed by atoms with Crippen LogP contribution in [-0.2, 0) is 11.2 Å². The topological polar surface area (TPSA) is 78.7 Å². The molecular formula is C21H26N4O2. The average molecular weight is 366 g/mol. The van der Waals surface area contributed by atoms with E-state index in [4.69, 9.17) is 5.73 Å². The Morgan fingerprint density at radius 2 is 1.67 bits per heavy atom. The van der Waals surface area contributed by atoms with Crippen molar-refractivity contribution < 1.29 is 9.59 Å². The van der Waals surface area contributed by atoms with Gasteiger partial charge >= 0.3 is 6.03 Å². The van der Waals surface area contributed by atoms with Gasteiger partial charge in [0.15, 0.2) is 0 Å². The molecule has 0 aliphatic carbocycles. The summed E-state index contributed by atoms with van der Waals surface area (Å²) in [4.78, 5) is 28.5. The summed E-state index contributed by atoms with van der Waals surface area (Å²) in [6.45, 7) is 3.99. The number of urea groups is 1. The van der Waals surface area contributed by atoms with Gasteiger partial charge in [0.1, 0.15) is 0 Å². The molecule has 6 nitrogen and oxygen atoms in total. The summed E-state index contributed by atoms with van der Waals surface area (Å²) < 4.78 is 0. The monoisotopic (exact) mass is 366 g/mol. The summed E-state index contributed by atoms with van der Waals surface area (Å²) in [6, 6.07) is 16.8. The number of piperazine rings is 1. The van der Waals surface area contributed by atoms with E-state index in [2.05, 4.69) is 5.32 Å². The highest BCUT2D eigenvalue weighted by Crippen LogP contribution is 2.12. The Morgan fingerprint density at radius 3 is 2.33 bits per heavy atom. The van der Waals surface area contributed by atoms with Crippen LogP contribution in [0, 0.1) is 6.92 Å². The molecule has 142 valence electrons. The third-order valence-electron chi connectivity index (χ3n) is 4.76. The molecule has 1 atom stereocenters. The maximum Gasteiger partial charge on any atom is 0.321 e. The molecule has 1 fully saturated rings. The zero-order chi connectivity index (χ0) is 19.2. The summed E-state index contributed by atoms with van der Waals surface area (Å²) in [6.07, 6.45) is 0.522. The lowest BCUT2D eigenvalue weighted by Crippen LogP contribution is -2.55. The third-order valence-corrected chi connectivity index (χ3v) is 4.76. The lowest BCUT2D eigenvalue weighted by Gasteiger charge is -2.35. The SMILES string of the molecule is Cc1cccc(NC(=O)N2CCN(C(=O)[C@@H](N)Cc3ccccc3)CC2)c1. The summed E-state index contributed by atoms with van der Waals surface area (Å²) in [7, 11) is 0. The standard InChI is InChI=1S/C21H26N4O2/c1-16-6-5-9-18(14-16)23-21(27)25-12-10-24(11-13-25)20(26)19(22)15-17-7-3-2-4-8-17/h2-9,14,19H,10-13,15,22H2,1H3,(H,23,27)/t19-/m0/s1. The molecule has 27 heavy (non-hydrogen) atoms. The van der Waals surface area contributed by atoms with E-state index in [0.29, 0.717) is 32.6 Å². The van der Waals surface area contributed by atoms with E-state index in [1.807, 2.05) is 61.5 Å². The van der Waals surface area contributed by atoms with Gasteiger partial charge in [0, 0.05) is 31.9 Å². The van der Waals surface area contributed by atoms with Crippen molar-refractivity contribution in [3.63, 3.8) is 0 Å². The molecule has 2 aromatic rings. The molecule has 3 rings (SSSR count). The molecule has 3 amide bonds. The van der Waals surface area contributed by atoms with Gasteiger partial charge in [-0.3, -0.25) is 4.79 Å². The lowest BCUT2D eigenvalue weighted by molar-refractivity contribution is -0.133. The number of rotatable bonds is 4. The van der Waals surface area contributed by atoms with Gasteiger partial charge in [0.2, 0.25) is 5.91 Å². The number of nitrogens with one attached hydrogen (secondary N) is 1. The van der Waals surface area contributed by atoms with Gasteiger partial charge in [-0.25, -0.2) is 4.79 Å². The van der Waals surface area contributed by atoms with Crippen molar-refractivity contribution in [2.75, 3.05) is 31.5 Å². The number of carbonyl (C=O) groups is 2. The van der Waals surface area contributed by atoms with Crippen LogP contribution in [0.2, 0.25) is 0 Å². The van der Waals surface area contributed by atoms with Crippen LogP contribution < -0.4 is 11.1 Å². The van der Waals surface area contributed by atoms with Gasteiger partial charge in [-0.05, 0) is 36.6 Å². The van der Waals surface area contributed by atoms with Gasteiger partial charge < -0.3 is 20.9 Å². The highest BCUT2D eigenvalue weighted by molar-refractivity contribution is 5.89. The van der Waals surface area contributed by atoms with E-state index < -0.39 is 6.04 Å². The number of hydrogen-bond donors (Lipinski definition) is 2. The predicted molar refractivity (Wildman–Crippen MR) is 106 cm³/mol. The van der Waals surface area contributed by atoms with E-state index in [1.165, 1.54) is 0 Å². The lowest BCUT2D eigenvalue weighted by atomic mass is 10.1. The summed E-state index contributed by atoms with van der Waals surface area (Å²) in [5.74, 6) is -0.0578. The molecule has 1 saturated heterocycles. The van der Waals surface area contributed by atoms with Crippen molar-refractivity contribution in [1.82, 2.24) is 9.80 Å². The summed E-state index contributed by atoms with van der Waals surface area (Å²) >= 11 is 0. The fourth-order valence-corrected chi connectivity index (χ4v) is 3.25. The van der Waals surface area contributed by atoms with Crippen LogP contribution in [-0.4, -0.2) is 54.0 Å². The smallest absolute Gasteiger partial charge is 0.321 e. The first-order valence-corrected chi connectivity index (χ1v) is 9.24. The van der Waals surface area contributed by atoms with Crippen LogP contribution in [0.1, 0.15) is 11.1 Å². The number of carbonyl (C=O) groups excluding carboxylic acids is 2. The minimum absolute atomic E-state index is 0.0578. The molecule has 0 spiro atoms. The second-order valence-electron chi connectivity index (χ2n) is 6.91. The zero-order valence-corrected chi connectivity index (χ0v) is 15.6. The Morgan fingerprint density at radius 1 is 1.00 bits per heavy atom. The maximum absolute atomic E-state index is 12.6. The van der Waals surface area contributed by atoms with E-state index in [9.17, 15) is 9.59 Å². The molecule has 1 aliphatic heterocycles. The molecule has 3 N–H and O–H groups in total. The highest BCUT2D eigenvalue weighted by Gasteiger charge is 2.27. The number of anilines is 1. The molecule has 2 aromatic carbocycles. The van der Waals surface area contributed by atoms with Crippen LogP contribution in [0.15, 0.2) is 54.6 Å². The van der Waals surface area contributed by atoms with Crippen LogP contribution in [0.4, 0.5) is 10.5 Å². The van der Waals surface area contributed by atoms with Crippen molar-refractivity contribution >= 4 is 17.6 Å². The van der Waals surface area contributed by atoms with E-state index in [0.717, 1.165) is 16.8 Å². The van der Waals surface area contributed by atoms with Crippen LogP contribution in [0.3, 0.4) is 0 Å². The molecule has 0 saturated carbocycles. The number of amides is 3. The number of nitrogens with zero attached hydrogens (tertiary/aromatic N) is 2. The molecule has 0 unspecified atom stereocenters. The van der Waals surface area contributed by atoms with E-state index in [-0.39, 0.29) is 11.9 Å². The van der Waals surface area contributed by atoms with Crippen molar-refractivity contribution in [3.8, 4) is 0 Å². The number of nitrogens with two attached hydrogens (primary N) is 1. The molecule has 0 aromatic heterocycles. The Hall–Kier alpha value is -2.86. The Kier molecular flexibility index (Phi) is 6.08. The third kappa shape index (κ3) is 5.08. The molecular weight excluding hydrogens is 340 g/mol. The molecule has 0 bridgehead atoms. The van der Waals surface area contributed by atoms with E-state index in [1.54, 1.807) is 9.80 Å². The first-order chi connectivity index (χ1) is 13.0. The maximum atomic E-state index is 12.6. The Bertz CT molecular complexity index is 786. The van der Waals surface area contributed by atoms with Crippen LogP contribution in [0.5, 0.6) is 0 Å². The second-order valence-corrected chi connectivity index (χ2v) is 6.91. The Labute approximate surface area is 159 Å². The second kappa shape index (κ2) is 8.68. The van der Waals surface area contributed by atoms with Crippen molar-refractivity contribution in [1.29, 1.82) is 0 Å². The van der Waals surface area contributed by atoms with Gasteiger partial charge in [-0.15, -0.1) is 0 Å². The summed E-state index contributed by atoms with van der Waals surface area (Å²) in [5.41, 5.74) is 9.03. The summed E-state index contributed by atoms with van der Waals surface area (Å²) in [5, 5.41) is 2.91. The van der Waals surface area contributed by atoms with Gasteiger partial charge in [-0.1, -0.05) is 42.5 Å². The molecule has 1 heterocycles. The highest BCUT2D eigenvalue weighted by atomic mass is 16.2. The van der Waals surface area contributed by atoms with Crippen molar-refractivity contribution in [2.45, 2.75) is 19.4 Å². The largest absolute Gasteiger partial charge is 0.338 e. The normalized spacial score (nSPS) is 15.3. The van der Waals surface area contributed by atoms with Gasteiger partial charge in [-0.2, -0.15) is 0 Å². The molecule has 6 heteroatoms. The number of hydrogen-bond acceptors (Lipinski definition) is 3. The number of benzene rings is 2. The van der Waals surface area contributed by atoms with Gasteiger partial charge in [0.05, 0.1) is 6.04 Å². The first kappa shape index (κ1) is 18.9. The fraction of sp³-hybridized carbons (Fsp3) is 0.333. The first-order valence-electron chi connectivity index (χ1n) is 9.24.